The summed E-state index contributed by atoms with van der Waals surface area (Å²) in [6.07, 6.45) is 0. The van der Waals surface area contributed by atoms with Gasteiger partial charge in [0.15, 0.2) is 0 Å². The second-order valence-electron chi connectivity index (χ2n) is 4.10. The van der Waals surface area contributed by atoms with E-state index in [1.165, 1.54) is 0 Å². The van der Waals surface area contributed by atoms with E-state index in [1.54, 1.807) is 0 Å². The van der Waals surface area contributed by atoms with Gasteiger partial charge in [0.2, 0.25) is 0 Å². The van der Waals surface area contributed by atoms with Crippen molar-refractivity contribution < 1.29 is 4.74 Å². The third kappa shape index (κ3) is 2.20. The highest BCUT2D eigenvalue weighted by molar-refractivity contribution is 6.35. The van der Waals surface area contributed by atoms with Crippen molar-refractivity contribution in [2.45, 2.75) is 6.61 Å². The molecule has 1 N–H and O–H groups in total. The molecule has 0 radical (unpaired) electrons. The van der Waals surface area contributed by atoms with Crippen molar-refractivity contribution in [1.29, 1.82) is 0 Å². The number of hydrogen-bond donors (Lipinski definition) is 1. The number of rotatable bonds is 3. The van der Waals surface area contributed by atoms with Gasteiger partial charge in [-0.1, -0.05) is 41.9 Å². The molecule has 3 aromatic rings. The molecule has 0 aliphatic carbocycles. The zero-order chi connectivity index (χ0) is 12.4. The first kappa shape index (κ1) is 11.2. The van der Waals surface area contributed by atoms with Crippen molar-refractivity contribution in [2.75, 3.05) is 0 Å². The van der Waals surface area contributed by atoms with Crippen molar-refractivity contribution in [2.24, 2.45) is 0 Å². The first-order valence-corrected chi connectivity index (χ1v) is 6.15. The highest BCUT2D eigenvalue weighted by Gasteiger charge is 2.04. The fraction of sp³-hybridized carbons (Fsp3) is 0.0667. The van der Waals surface area contributed by atoms with Gasteiger partial charge in [0, 0.05) is 5.39 Å². The van der Waals surface area contributed by atoms with Crippen molar-refractivity contribution in [3.05, 3.63) is 65.3 Å². The molecule has 0 atom stereocenters. The van der Waals surface area contributed by atoms with Crippen LogP contribution in [-0.2, 0) is 6.61 Å². The van der Waals surface area contributed by atoms with E-state index < -0.39 is 0 Å². The van der Waals surface area contributed by atoms with E-state index in [-0.39, 0.29) is 0 Å². The number of para-hydroxylation sites is 2. The minimum Gasteiger partial charge on any atom is -0.487 e. The highest BCUT2D eigenvalue weighted by atomic mass is 35.5. The maximum Gasteiger partial charge on any atom is 0.128 e. The van der Waals surface area contributed by atoms with Crippen molar-refractivity contribution in [3.63, 3.8) is 0 Å². The molecule has 3 rings (SSSR count). The predicted molar refractivity (Wildman–Crippen MR) is 74.1 cm³/mol. The van der Waals surface area contributed by atoms with Crippen LogP contribution in [0.25, 0.3) is 10.9 Å². The Kier molecular flexibility index (Phi) is 2.95. The van der Waals surface area contributed by atoms with Crippen LogP contribution in [0.15, 0.2) is 54.6 Å². The van der Waals surface area contributed by atoms with E-state index in [0.717, 1.165) is 27.4 Å². The molecule has 2 aromatic carbocycles. The maximum atomic E-state index is 6.12. The Balaban J connectivity index is 1.81. The van der Waals surface area contributed by atoms with E-state index in [1.807, 2.05) is 48.5 Å². The van der Waals surface area contributed by atoms with Crippen molar-refractivity contribution in [1.82, 2.24) is 4.98 Å². The molecule has 0 bridgehead atoms. The molecule has 1 heterocycles. The Morgan fingerprint density at radius 2 is 1.83 bits per heavy atom. The minimum absolute atomic E-state index is 0.509. The summed E-state index contributed by atoms with van der Waals surface area (Å²) in [5.41, 5.74) is 1.98. The van der Waals surface area contributed by atoms with E-state index in [2.05, 4.69) is 11.1 Å². The molecule has 0 spiro atoms. The first-order chi connectivity index (χ1) is 8.83. The smallest absolute Gasteiger partial charge is 0.128 e. The Labute approximate surface area is 110 Å². The lowest BCUT2D eigenvalue weighted by molar-refractivity contribution is 0.302. The van der Waals surface area contributed by atoms with Gasteiger partial charge in [-0.25, -0.2) is 0 Å². The number of hydrogen-bond acceptors (Lipinski definition) is 1. The molecule has 0 saturated heterocycles. The predicted octanol–water partition coefficient (Wildman–Crippen LogP) is 4.40. The van der Waals surface area contributed by atoms with Gasteiger partial charge in [-0.3, -0.25) is 0 Å². The van der Waals surface area contributed by atoms with E-state index in [4.69, 9.17) is 16.3 Å². The van der Waals surface area contributed by atoms with Crippen LogP contribution in [0.1, 0.15) is 5.69 Å². The lowest BCUT2D eigenvalue weighted by Crippen LogP contribution is -1.94. The molecule has 90 valence electrons. The molecule has 18 heavy (non-hydrogen) atoms. The number of halogens is 1. The molecule has 0 saturated carbocycles. The average molecular weight is 258 g/mol. The largest absolute Gasteiger partial charge is 0.487 e. The van der Waals surface area contributed by atoms with Crippen LogP contribution in [0.3, 0.4) is 0 Å². The topological polar surface area (TPSA) is 25.0 Å². The van der Waals surface area contributed by atoms with Crippen LogP contribution in [0.2, 0.25) is 5.02 Å². The van der Waals surface area contributed by atoms with Crippen LogP contribution in [0.4, 0.5) is 0 Å². The van der Waals surface area contributed by atoms with Gasteiger partial charge in [-0.15, -0.1) is 0 Å². The van der Waals surface area contributed by atoms with Gasteiger partial charge in [0.1, 0.15) is 12.4 Å². The Morgan fingerprint density at radius 3 is 2.61 bits per heavy atom. The number of aromatic amines is 1. The fourth-order valence-corrected chi connectivity index (χ4v) is 2.16. The fourth-order valence-electron chi connectivity index (χ4n) is 1.93. The van der Waals surface area contributed by atoms with Gasteiger partial charge in [0.05, 0.1) is 16.2 Å². The molecule has 0 aliphatic rings. The molecule has 0 unspecified atom stereocenters. The van der Waals surface area contributed by atoms with Crippen LogP contribution < -0.4 is 4.74 Å². The standard InChI is InChI=1S/C15H12ClNO/c16-14-8-4-5-11-9-12(17-15(11)14)10-18-13-6-2-1-3-7-13/h1-9,17H,10H2. The van der Waals surface area contributed by atoms with E-state index in [9.17, 15) is 0 Å². The lowest BCUT2D eigenvalue weighted by Gasteiger charge is -2.03. The monoisotopic (exact) mass is 257 g/mol. The molecule has 1 aromatic heterocycles. The van der Waals surface area contributed by atoms with E-state index >= 15 is 0 Å². The van der Waals surface area contributed by atoms with Crippen LogP contribution in [-0.4, -0.2) is 4.98 Å². The quantitative estimate of drug-likeness (QED) is 0.739. The third-order valence-corrected chi connectivity index (χ3v) is 3.11. The number of H-pyrrole nitrogens is 1. The van der Waals surface area contributed by atoms with Crippen LogP contribution in [0, 0.1) is 0 Å². The summed E-state index contributed by atoms with van der Waals surface area (Å²) in [5.74, 6) is 0.863. The molecular formula is C15H12ClNO. The summed E-state index contributed by atoms with van der Waals surface area (Å²) < 4.78 is 5.69. The number of benzene rings is 2. The summed E-state index contributed by atoms with van der Waals surface area (Å²) in [6.45, 7) is 0.509. The highest BCUT2D eigenvalue weighted by Crippen LogP contribution is 2.24. The number of nitrogens with one attached hydrogen (secondary N) is 1. The molecule has 0 fully saturated rings. The molecule has 2 nitrogen and oxygen atoms in total. The van der Waals surface area contributed by atoms with Gasteiger partial charge >= 0.3 is 0 Å². The molecule has 3 heteroatoms. The Morgan fingerprint density at radius 1 is 1.00 bits per heavy atom. The third-order valence-electron chi connectivity index (χ3n) is 2.80. The van der Waals surface area contributed by atoms with Gasteiger partial charge in [-0.05, 0) is 24.3 Å². The lowest BCUT2D eigenvalue weighted by atomic mass is 10.2. The normalized spacial score (nSPS) is 10.7. The van der Waals surface area contributed by atoms with E-state index in [0.29, 0.717) is 6.61 Å². The zero-order valence-electron chi connectivity index (χ0n) is 9.69. The zero-order valence-corrected chi connectivity index (χ0v) is 10.4. The molecule has 0 amide bonds. The molecular weight excluding hydrogens is 246 g/mol. The Hall–Kier alpha value is -1.93. The first-order valence-electron chi connectivity index (χ1n) is 5.77. The molecule has 0 aliphatic heterocycles. The second-order valence-corrected chi connectivity index (χ2v) is 4.51. The van der Waals surface area contributed by atoms with Crippen LogP contribution >= 0.6 is 11.6 Å². The second kappa shape index (κ2) is 4.75. The Bertz CT molecular complexity index is 661. The van der Waals surface area contributed by atoms with Crippen molar-refractivity contribution >= 4 is 22.5 Å². The van der Waals surface area contributed by atoms with Gasteiger partial charge in [-0.2, -0.15) is 0 Å². The summed E-state index contributed by atoms with van der Waals surface area (Å²) in [5, 5.41) is 1.84. The number of ether oxygens (including phenoxy) is 1. The maximum absolute atomic E-state index is 6.12. The summed E-state index contributed by atoms with van der Waals surface area (Å²) in [6, 6.07) is 17.7. The summed E-state index contributed by atoms with van der Waals surface area (Å²) >= 11 is 6.12. The minimum atomic E-state index is 0.509. The number of fused-ring (bicyclic) bond motifs is 1. The average Bonchev–Trinajstić information content (AvgIpc) is 2.82. The van der Waals surface area contributed by atoms with Gasteiger partial charge in [0.25, 0.3) is 0 Å². The van der Waals surface area contributed by atoms with Crippen LogP contribution in [0.5, 0.6) is 5.75 Å². The van der Waals surface area contributed by atoms with Crippen molar-refractivity contribution in [3.8, 4) is 5.75 Å². The summed E-state index contributed by atoms with van der Waals surface area (Å²) in [7, 11) is 0. The number of aromatic nitrogens is 1. The SMILES string of the molecule is Clc1cccc2cc(COc3ccccc3)[nH]c12. The summed E-state index contributed by atoms with van der Waals surface area (Å²) in [4.78, 5) is 3.28. The van der Waals surface area contributed by atoms with Gasteiger partial charge < -0.3 is 9.72 Å².